The number of carbonyl (C=O) groups is 2. The molecule has 2 N–H and O–H groups in total. The Labute approximate surface area is 154 Å². The Morgan fingerprint density at radius 3 is 2.50 bits per heavy atom. The van der Waals surface area contributed by atoms with Gasteiger partial charge in [0.15, 0.2) is 12.4 Å². The number of allylic oxidation sites excluding steroid dienone is 2. The summed E-state index contributed by atoms with van der Waals surface area (Å²) in [6.45, 7) is 4.31. The van der Waals surface area contributed by atoms with Crippen LogP contribution in [0.15, 0.2) is 54.3 Å². The van der Waals surface area contributed by atoms with Crippen molar-refractivity contribution in [3.8, 4) is 0 Å². The Kier molecular flexibility index (Phi) is 10.1. The minimum Gasteiger partial charge on any atom is -0.463 e. The normalized spacial score (nSPS) is 12.7. The van der Waals surface area contributed by atoms with E-state index in [9.17, 15) is 9.59 Å². The third-order valence-electron chi connectivity index (χ3n) is 3.38. The van der Waals surface area contributed by atoms with E-state index in [0.29, 0.717) is 18.6 Å². The van der Waals surface area contributed by atoms with Gasteiger partial charge in [0.2, 0.25) is 0 Å². The molecule has 26 heavy (non-hydrogen) atoms. The lowest BCUT2D eigenvalue weighted by atomic mass is 10.1. The van der Waals surface area contributed by atoms with Crippen LogP contribution in [0.25, 0.3) is 0 Å². The molecule has 0 aliphatic carbocycles. The number of nitrogens with two attached hydrogens (primary N) is 1. The maximum Gasteiger partial charge on any atom is 0.409 e. The molecule has 1 amide bonds. The Balaban J connectivity index is 0.000000314. The smallest absolute Gasteiger partial charge is 0.409 e. The fourth-order valence-electron chi connectivity index (χ4n) is 2.15. The summed E-state index contributed by atoms with van der Waals surface area (Å²) in [4.78, 5) is 21.9. The summed E-state index contributed by atoms with van der Waals surface area (Å²) in [6, 6.07) is 10.6. The third kappa shape index (κ3) is 8.82. The number of nitrogens with zero attached hydrogens (tertiary/aromatic N) is 1. The minimum absolute atomic E-state index is 0.0123. The quantitative estimate of drug-likeness (QED) is 0.625. The Bertz CT molecular complexity index is 664. The molecule has 0 radical (unpaired) electrons. The Morgan fingerprint density at radius 2 is 1.88 bits per heavy atom. The van der Waals surface area contributed by atoms with Crippen molar-refractivity contribution in [1.82, 2.24) is 0 Å². The summed E-state index contributed by atoms with van der Waals surface area (Å²) in [6.07, 6.45) is 8.81. The number of benzene rings is 1. The summed E-state index contributed by atoms with van der Waals surface area (Å²) in [5, 5.41) is 0. The van der Waals surface area contributed by atoms with E-state index in [2.05, 4.69) is 42.0 Å². The van der Waals surface area contributed by atoms with Crippen LogP contribution in [0.3, 0.4) is 0 Å². The third-order valence-corrected chi connectivity index (χ3v) is 3.38. The fourth-order valence-corrected chi connectivity index (χ4v) is 2.15. The van der Waals surface area contributed by atoms with Crippen LogP contribution in [0.4, 0.5) is 4.79 Å². The number of aryl methyl sites for hydroxylation is 1. The van der Waals surface area contributed by atoms with Crippen LogP contribution in [0.2, 0.25) is 0 Å². The lowest BCUT2D eigenvalue weighted by molar-refractivity contribution is -0.491. The monoisotopic (exact) mass is 359 g/mol. The van der Waals surface area contributed by atoms with Crippen molar-refractivity contribution >= 4 is 18.3 Å². The second kappa shape index (κ2) is 12.5. The molecule has 0 saturated carbocycles. The molecule has 0 bridgehead atoms. The van der Waals surface area contributed by atoms with Crippen molar-refractivity contribution in [1.29, 1.82) is 0 Å². The molecule has 2 rings (SSSR count). The number of esters is 1. The largest absolute Gasteiger partial charge is 0.463 e. The first-order valence-corrected chi connectivity index (χ1v) is 8.66. The lowest BCUT2D eigenvalue weighted by Crippen LogP contribution is -2.19. The number of amides is 1. The highest BCUT2D eigenvalue weighted by Crippen LogP contribution is 2.07. The Hall–Kier alpha value is -2.89. The molecule has 6 nitrogen and oxygen atoms in total. The van der Waals surface area contributed by atoms with Gasteiger partial charge in [-0.1, -0.05) is 43.7 Å². The van der Waals surface area contributed by atoms with Crippen LogP contribution in [0.1, 0.15) is 32.3 Å². The first-order valence-electron chi connectivity index (χ1n) is 8.66. The van der Waals surface area contributed by atoms with Crippen LogP contribution in [-0.4, -0.2) is 36.2 Å². The van der Waals surface area contributed by atoms with Gasteiger partial charge in [0.1, 0.15) is 0 Å². The van der Waals surface area contributed by atoms with Gasteiger partial charge < -0.3 is 15.2 Å². The van der Waals surface area contributed by atoms with Gasteiger partial charge in [-0.05, 0) is 25.0 Å². The van der Waals surface area contributed by atoms with Gasteiger partial charge >= 0.3 is 12.1 Å². The molecule has 0 spiro atoms. The van der Waals surface area contributed by atoms with Crippen LogP contribution < -0.4 is 5.73 Å². The maximum absolute atomic E-state index is 11.5. The highest BCUT2D eigenvalue weighted by molar-refractivity contribution is 5.93. The molecule has 1 aromatic carbocycles. The van der Waals surface area contributed by atoms with Crippen molar-refractivity contribution in [2.45, 2.75) is 33.1 Å². The Morgan fingerprint density at radius 1 is 1.15 bits per heavy atom. The molecule has 1 heterocycles. The summed E-state index contributed by atoms with van der Waals surface area (Å²) >= 11 is 0. The molecular formula is C20H27N2O4+. The van der Waals surface area contributed by atoms with Crippen LogP contribution in [-0.2, 0) is 20.7 Å². The number of hydrogen-bond donors (Lipinski definition) is 1. The van der Waals surface area contributed by atoms with Gasteiger partial charge in [0.25, 0.3) is 6.73 Å². The molecule has 140 valence electrons. The van der Waals surface area contributed by atoms with Gasteiger partial charge in [0.05, 0.1) is 6.61 Å². The van der Waals surface area contributed by atoms with Crippen molar-refractivity contribution in [2.75, 3.05) is 13.3 Å². The molecule has 0 atom stereocenters. The zero-order valence-corrected chi connectivity index (χ0v) is 15.4. The average molecular weight is 359 g/mol. The van der Waals surface area contributed by atoms with Gasteiger partial charge in [-0.3, -0.25) is 0 Å². The van der Waals surface area contributed by atoms with E-state index >= 15 is 0 Å². The van der Waals surface area contributed by atoms with Crippen LogP contribution in [0.5, 0.6) is 0 Å². The molecule has 0 aromatic heterocycles. The molecule has 0 saturated heterocycles. The predicted molar refractivity (Wildman–Crippen MR) is 101 cm³/mol. The lowest BCUT2D eigenvalue weighted by Gasteiger charge is -2.01. The number of carbonyl (C=O) groups excluding carboxylic acids is 2. The van der Waals surface area contributed by atoms with E-state index in [1.54, 1.807) is 36.1 Å². The van der Waals surface area contributed by atoms with E-state index in [4.69, 9.17) is 10.5 Å². The number of ether oxygens (including phenoxy) is 2. The van der Waals surface area contributed by atoms with Gasteiger partial charge in [0, 0.05) is 18.1 Å². The summed E-state index contributed by atoms with van der Waals surface area (Å²) < 4.78 is 11.1. The standard InChI is InChI=1S/C11H14N2O4.C9H12/c1-2-16-10(14)9-4-3-6-13(7-5-9)8-17-11(12)15;1-2-6-9-7-4-3-5-8-9/h3,5-7H,2,4,8H2,1H3,(H-,12,15);3-5,7-8H,2,6H2,1H3/p+1. The first kappa shape index (κ1) is 21.2. The summed E-state index contributed by atoms with van der Waals surface area (Å²) in [5.74, 6) is -0.342. The minimum atomic E-state index is -0.842. The first-order chi connectivity index (χ1) is 12.6. The number of primary amides is 1. The highest BCUT2D eigenvalue weighted by Gasteiger charge is 2.12. The molecule has 6 heteroatoms. The van der Waals surface area contributed by atoms with Gasteiger partial charge in [-0.15, -0.1) is 0 Å². The van der Waals surface area contributed by atoms with E-state index in [1.165, 1.54) is 18.4 Å². The van der Waals surface area contributed by atoms with E-state index in [-0.39, 0.29) is 12.7 Å². The van der Waals surface area contributed by atoms with Crippen molar-refractivity contribution in [2.24, 2.45) is 5.73 Å². The van der Waals surface area contributed by atoms with Crippen molar-refractivity contribution < 1.29 is 23.6 Å². The highest BCUT2D eigenvalue weighted by atomic mass is 16.6. The van der Waals surface area contributed by atoms with Crippen molar-refractivity contribution in [3.63, 3.8) is 0 Å². The van der Waals surface area contributed by atoms with Crippen molar-refractivity contribution in [3.05, 3.63) is 59.8 Å². The molecule has 1 aromatic rings. The van der Waals surface area contributed by atoms with E-state index < -0.39 is 6.09 Å². The fraction of sp³-hybridized carbons (Fsp3) is 0.350. The van der Waals surface area contributed by atoms with Gasteiger partial charge in [-0.25, -0.2) is 9.59 Å². The second-order valence-corrected chi connectivity index (χ2v) is 5.49. The van der Waals surface area contributed by atoms with Gasteiger partial charge in [-0.2, -0.15) is 4.58 Å². The molecular weight excluding hydrogens is 332 g/mol. The summed E-state index contributed by atoms with van der Waals surface area (Å²) in [5.41, 5.74) is 6.84. The topological polar surface area (TPSA) is 81.6 Å². The van der Waals surface area contributed by atoms with E-state index in [0.717, 1.165) is 0 Å². The number of rotatable bonds is 6. The molecule has 1 aliphatic heterocycles. The number of hydrogen-bond acceptors (Lipinski definition) is 4. The molecule has 0 fully saturated rings. The van der Waals surface area contributed by atoms with E-state index in [1.807, 2.05) is 0 Å². The predicted octanol–water partition coefficient (Wildman–Crippen LogP) is 3.17. The molecule has 0 unspecified atom stereocenters. The molecule has 1 aliphatic rings. The summed E-state index contributed by atoms with van der Waals surface area (Å²) in [7, 11) is 0. The zero-order valence-electron chi connectivity index (χ0n) is 15.4. The maximum atomic E-state index is 11.5. The average Bonchev–Trinajstić information content (AvgIpc) is 2.88. The van der Waals surface area contributed by atoms with Crippen LogP contribution in [0, 0.1) is 0 Å². The van der Waals surface area contributed by atoms with Crippen LogP contribution >= 0.6 is 0 Å². The SMILES string of the molecule is CCCc1ccccc1.CCOC(=O)C1=CC=[N+](COC(N)=O)C=CC1. The second-order valence-electron chi connectivity index (χ2n) is 5.49. The zero-order chi connectivity index (χ0) is 19.2.